The zero-order valence-electron chi connectivity index (χ0n) is 12.2. The van der Waals surface area contributed by atoms with Crippen LogP contribution in [0.25, 0.3) is 0 Å². The van der Waals surface area contributed by atoms with E-state index >= 15 is 0 Å². The van der Waals surface area contributed by atoms with E-state index in [2.05, 4.69) is 49.9 Å². The second-order valence-electron chi connectivity index (χ2n) is 5.59. The molecule has 0 radical (unpaired) electrons. The van der Waals surface area contributed by atoms with Crippen molar-refractivity contribution in [2.75, 3.05) is 18.5 Å². The van der Waals surface area contributed by atoms with E-state index in [0.29, 0.717) is 18.4 Å². The molecule has 1 aromatic heterocycles. The van der Waals surface area contributed by atoms with Crippen molar-refractivity contribution in [3.05, 3.63) is 12.4 Å². The van der Waals surface area contributed by atoms with E-state index in [4.69, 9.17) is 4.74 Å². The molecule has 18 heavy (non-hydrogen) atoms. The maximum Gasteiger partial charge on any atom is 0.218 e. The molecule has 0 aliphatic heterocycles. The Hall–Kier alpha value is -1.32. The Morgan fingerprint density at radius 3 is 2.67 bits per heavy atom. The predicted octanol–water partition coefficient (Wildman–Crippen LogP) is 3.36. The summed E-state index contributed by atoms with van der Waals surface area (Å²) >= 11 is 0. The molecule has 0 atom stereocenters. The highest BCUT2D eigenvalue weighted by molar-refractivity contribution is 5.37. The molecule has 0 unspecified atom stereocenters. The molecular formula is C14H25N3O. The average Bonchev–Trinajstić information content (AvgIpc) is 2.34. The summed E-state index contributed by atoms with van der Waals surface area (Å²) in [6.45, 7) is 12.6. The Bertz CT molecular complexity index is 364. The van der Waals surface area contributed by atoms with Crippen molar-refractivity contribution in [1.29, 1.82) is 0 Å². The summed E-state index contributed by atoms with van der Waals surface area (Å²) in [5.41, 5.74) is 0.232. The molecule has 1 N–H and O–H groups in total. The molecule has 0 amide bonds. The Labute approximate surface area is 110 Å². The molecule has 1 aromatic rings. The molecule has 0 bridgehead atoms. The van der Waals surface area contributed by atoms with E-state index in [0.717, 1.165) is 18.8 Å². The van der Waals surface area contributed by atoms with Crippen LogP contribution in [0.3, 0.4) is 0 Å². The number of nitrogens with zero attached hydrogens (tertiary/aromatic N) is 2. The standard InChI is InChI=1S/C14H25N3O/c1-6-7-18-13-8-12(16-10-17-13)15-9-14(4,5)11(2)3/h8,10-11H,6-7,9H2,1-5H3,(H,15,16,17). The van der Waals surface area contributed by atoms with Crippen molar-refractivity contribution in [3.63, 3.8) is 0 Å². The van der Waals surface area contributed by atoms with E-state index in [1.54, 1.807) is 0 Å². The first-order chi connectivity index (χ1) is 8.45. The third-order valence-electron chi connectivity index (χ3n) is 3.38. The second kappa shape index (κ2) is 6.57. The summed E-state index contributed by atoms with van der Waals surface area (Å²) in [4.78, 5) is 8.29. The van der Waals surface area contributed by atoms with Gasteiger partial charge in [-0.1, -0.05) is 34.6 Å². The summed E-state index contributed by atoms with van der Waals surface area (Å²) in [7, 11) is 0. The quantitative estimate of drug-likeness (QED) is 0.807. The molecule has 0 spiro atoms. The second-order valence-corrected chi connectivity index (χ2v) is 5.59. The van der Waals surface area contributed by atoms with E-state index in [-0.39, 0.29) is 5.41 Å². The molecule has 0 saturated heterocycles. The SMILES string of the molecule is CCCOc1cc(NCC(C)(C)C(C)C)ncn1. The van der Waals surface area contributed by atoms with E-state index < -0.39 is 0 Å². The average molecular weight is 251 g/mol. The summed E-state index contributed by atoms with van der Waals surface area (Å²) < 4.78 is 5.48. The topological polar surface area (TPSA) is 47.0 Å². The fraction of sp³-hybridized carbons (Fsp3) is 0.714. The van der Waals surface area contributed by atoms with Crippen LogP contribution in [0.1, 0.15) is 41.0 Å². The number of nitrogens with one attached hydrogen (secondary N) is 1. The maximum absolute atomic E-state index is 5.48. The third kappa shape index (κ3) is 4.51. The third-order valence-corrected chi connectivity index (χ3v) is 3.38. The summed E-state index contributed by atoms with van der Waals surface area (Å²) in [5.74, 6) is 2.07. The highest BCUT2D eigenvalue weighted by atomic mass is 16.5. The lowest BCUT2D eigenvalue weighted by Crippen LogP contribution is -2.28. The molecule has 0 fully saturated rings. The zero-order chi connectivity index (χ0) is 13.6. The van der Waals surface area contributed by atoms with E-state index in [1.807, 2.05) is 6.07 Å². The highest BCUT2D eigenvalue weighted by Crippen LogP contribution is 2.26. The van der Waals surface area contributed by atoms with Gasteiger partial charge in [0.25, 0.3) is 0 Å². The molecule has 4 heteroatoms. The van der Waals surface area contributed by atoms with Gasteiger partial charge in [-0.2, -0.15) is 0 Å². The molecule has 0 aliphatic carbocycles. The van der Waals surface area contributed by atoms with Crippen molar-refractivity contribution >= 4 is 5.82 Å². The normalized spacial score (nSPS) is 11.7. The van der Waals surface area contributed by atoms with Gasteiger partial charge >= 0.3 is 0 Å². The van der Waals surface area contributed by atoms with Crippen molar-refractivity contribution in [2.45, 2.75) is 41.0 Å². The lowest BCUT2D eigenvalue weighted by atomic mass is 9.81. The van der Waals surface area contributed by atoms with Crippen LogP contribution < -0.4 is 10.1 Å². The van der Waals surface area contributed by atoms with E-state index in [9.17, 15) is 0 Å². The minimum atomic E-state index is 0.232. The van der Waals surface area contributed by atoms with Crippen LogP contribution >= 0.6 is 0 Å². The molecule has 0 aliphatic rings. The van der Waals surface area contributed by atoms with Gasteiger partial charge in [0.05, 0.1) is 6.61 Å². The number of ether oxygens (including phenoxy) is 1. The fourth-order valence-corrected chi connectivity index (χ4v) is 1.24. The fourth-order valence-electron chi connectivity index (χ4n) is 1.24. The van der Waals surface area contributed by atoms with Gasteiger partial charge in [0.1, 0.15) is 12.1 Å². The lowest BCUT2D eigenvalue weighted by molar-refractivity contribution is 0.269. The van der Waals surface area contributed by atoms with Crippen LogP contribution in [0.4, 0.5) is 5.82 Å². The largest absolute Gasteiger partial charge is 0.478 e. The minimum Gasteiger partial charge on any atom is -0.478 e. The minimum absolute atomic E-state index is 0.232. The molecule has 1 heterocycles. The van der Waals surface area contributed by atoms with Crippen molar-refractivity contribution in [3.8, 4) is 5.88 Å². The molecule has 4 nitrogen and oxygen atoms in total. The van der Waals surface area contributed by atoms with Crippen LogP contribution in [0.2, 0.25) is 0 Å². The van der Waals surface area contributed by atoms with Crippen LogP contribution in [-0.4, -0.2) is 23.1 Å². The zero-order valence-corrected chi connectivity index (χ0v) is 12.2. The Balaban J connectivity index is 2.57. The van der Waals surface area contributed by atoms with Crippen LogP contribution in [0, 0.1) is 11.3 Å². The number of rotatable bonds is 7. The maximum atomic E-state index is 5.48. The van der Waals surface area contributed by atoms with Gasteiger partial charge in [0.15, 0.2) is 0 Å². The van der Waals surface area contributed by atoms with Crippen molar-refractivity contribution in [2.24, 2.45) is 11.3 Å². The molecular weight excluding hydrogens is 226 g/mol. The van der Waals surface area contributed by atoms with Gasteiger partial charge < -0.3 is 10.1 Å². The van der Waals surface area contributed by atoms with Gasteiger partial charge in [-0.3, -0.25) is 0 Å². The molecule has 1 rings (SSSR count). The van der Waals surface area contributed by atoms with E-state index in [1.165, 1.54) is 6.33 Å². The van der Waals surface area contributed by atoms with Crippen LogP contribution in [0.15, 0.2) is 12.4 Å². The lowest BCUT2D eigenvalue weighted by Gasteiger charge is -2.29. The number of aromatic nitrogens is 2. The van der Waals surface area contributed by atoms with Gasteiger partial charge in [0.2, 0.25) is 5.88 Å². The predicted molar refractivity (Wildman–Crippen MR) is 74.9 cm³/mol. The van der Waals surface area contributed by atoms with Crippen LogP contribution in [0.5, 0.6) is 5.88 Å². The smallest absolute Gasteiger partial charge is 0.218 e. The first kappa shape index (κ1) is 14.7. The number of hydrogen-bond acceptors (Lipinski definition) is 4. The summed E-state index contributed by atoms with van der Waals surface area (Å²) in [6, 6.07) is 1.85. The number of hydrogen-bond donors (Lipinski definition) is 1. The van der Waals surface area contributed by atoms with Gasteiger partial charge in [-0.25, -0.2) is 9.97 Å². The highest BCUT2D eigenvalue weighted by Gasteiger charge is 2.22. The Morgan fingerprint density at radius 2 is 2.06 bits per heavy atom. The Kier molecular flexibility index (Phi) is 5.38. The monoisotopic (exact) mass is 251 g/mol. The first-order valence-corrected chi connectivity index (χ1v) is 6.64. The molecule has 102 valence electrons. The number of anilines is 1. The summed E-state index contributed by atoms with van der Waals surface area (Å²) in [6.07, 6.45) is 2.52. The first-order valence-electron chi connectivity index (χ1n) is 6.64. The van der Waals surface area contributed by atoms with Gasteiger partial charge in [-0.05, 0) is 17.8 Å². The van der Waals surface area contributed by atoms with Gasteiger partial charge in [0, 0.05) is 12.6 Å². The van der Waals surface area contributed by atoms with Crippen LogP contribution in [-0.2, 0) is 0 Å². The van der Waals surface area contributed by atoms with Gasteiger partial charge in [-0.15, -0.1) is 0 Å². The molecule has 0 aromatic carbocycles. The molecule has 0 saturated carbocycles. The summed E-state index contributed by atoms with van der Waals surface area (Å²) in [5, 5.41) is 3.35. The Morgan fingerprint density at radius 1 is 1.33 bits per heavy atom. The van der Waals surface area contributed by atoms with Crippen molar-refractivity contribution < 1.29 is 4.74 Å². The van der Waals surface area contributed by atoms with Crippen molar-refractivity contribution in [1.82, 2.24) is 9.97 Å².